The number of hydrogen-bond acceptors (Lipinski definition) is 3. The zero-order valence-corrected chi connectivity index (χ0v) is 18.8. The van der Waals surface area contributed by atoms with Crippen molar-refractivity contribution >= 4 is 5.97 Å². The van der Waals surface area contributed by atoms with Crippen molar-refractivity contribution < 1.29 is 9.53 Å². The highest BCUT2D eigenvalue weighted by Gasteiger charge is 2.33. The number of carbonyl (C=O) groups excluding carboxylic acids is 1. The molecule has 0 amide bonds. The highest BCUT2D eigenvalue weighted by atomic mass is 16.5. The van der Waals surface area contributed by atoms with Crippen LogP contribution in [0.15, 0.2) is 116 Å². The predicted molar refractivity (Wildman–Crippen MR) is 132 cm³/mol. The van der Waals surface area contributed by atoms with Crippen molar-refractivity contribution in [1.82, 2.24) is 4.98 Å². The summed E-state index contributed by atoms with van der Waals surface area (Å²) in [5.41, 5.74) is 4.24. The van der Waals surface area contributed by atoms with Crippen molar-refractivity contribution in [3.8, 4) is 0 Å². The summed E-state index contributed by atoms with van der Waals surface area (Å²) in [6.45, 7) is 0.375. The summed E-state index contributed by atoms with van der Waals surface area (Å²) in [4.78, 5) is 16.4. The van der Waals surface area contributed by atoms with Gasteiger partial charge in [0.2, 0.25) is 0 Å². The molecule has 166 valence electrons. The van der Waals surface area contributed by atoms with Gasteiger partial charge in [-0.25, -0.2) is 4.79 Å². The molecule has 0 aliphatic heterocycles. The number of pyridine rings is 1. The Hall–Kier alpha value is -3.72. The lowest BCUT2D eigenvalue weighted by Gasteiger charge is -2.36. The Morgan fingerprint density at radius 3 is 1.91 bits per heavy atom. The fraction of sp³-hybridized carbons (Fsp3) is 0.200. The number of hydrogen-bond donors (Lipinski definition) is 0. The lowest BCUT2D eigenvalue weighted by Crippen LogP contribution is -2.29. The quantitative estimate of drug-likeness (QED) is 0.207. The van der Waals surface area contributed by atoms with E-state index >= 15 is 0 Å². The molecule has 3 nitrogen and oxygen atoms in total. The van der Waals surface area contributed by atoms with Crippen LogP contribution in [0.25, 0.3) is 0 Å². The SMILES string of the molecule is O=C(OCCCC(CCc1ccccc1)(c1ccccc1)c1ccccc1)c1cccnc1. The standard InChI is InChI=1S/C30H29NO2/c32-29(26-14-10-22-31-24-26)33-23-11-20-30(27-15-6-2-7-16-27,28-17-8-3-9-18-28)21-19-25-12-4-1-5-13-25/h1-10,12-18,22,24H,11,19-21,23H2. The van der Waals surface area contributed by atoms with E-state index in [1.807, 2.05) is 0 Å². The molecule has 1 aromatic heterocycles. The Bertz CT molecular complexity index is 1070. The molecule has 4 rings (SSSR count). The molecule has 0 atom stereocenters. The lowest BCUT2D eigenvalue weighted by atomic mass is 9.68. The molecular weight excluding hydrogens is 406 g/mol. The first-order valence-corrected chi connectivity index (χ1v) is 11.5. The molecule has 0 saturated carbocycles. The van der Waals surface area contributed by atoms with Crippen LogP contribution in [-0.4, -0.2) is 17.6 Å². The van der Waals surface area contributed by atoms with Gasteiger partial charge in [-0.3, -0.25) is 4.98 Å². The van der Waals surface area contributed by atoms with Crippen molar-refractivity contribution in [2.75, 3.05) is 6.61 Å². The Morgan fingerprint density at radius 2 is 1.33 bits per heavy atom. The number of ether oxygens (including phenoxy) is 1. The third kappa shape index (κ3) is 5.75. The number of aromatic nitrogens is 1. The molecular formula is C30H29NO2. The summed E-state index contributed by atoms with van der Waals surface area (Å²) in [7, 11) is 0. The first-order valence-electron chi connectivity index (χ1n) is 11.5. The Labute approximate surface area is 196 Å². The second-order valence-corrected chi connectivity index (χ2v) is 8.28. The first-order chi connectivity index (χ1) is 16.3. The fourth-order valence-electron chi connectivity index (χ4n) is 4.49. The van der Waals surface area contributed by atoms with E-state index in [0.717, 1.165) is 25.7 Å². The summed E-state index contributed by atoms with van der Waals surface area (Å²) in [6.07, 6.45) is 6.79. The van der Waals surface area contributed by atoms with Crippen LogP contribution in [0, 0.1) is 0 Å². The van der Waals surface area contributed by atoms with Gasteiger partial charge in [0.15, 0.2) is 0 Å². The zero-order valence-electron chi connectivity index (χ0n) is 18.8. The van der Waals surface area contributed by atoms with Gasteiger partial charge in [-0.15, -0.1) is 0 Å². The molecule has 0 bridgehead atoms. The van der Waals surface area contributed by atoms with Crippen LogP contribution in [0.2, 0.25) is 0 Å². The topological polar surface area (TPSA) is 39.2 Å². The fourth-order valence-corrected chi connectivity index (χ4v) is 4.49. The predicted octanol–water partition coefficient (Wildman–Crippen LogP) is 6.64. The number of rotatable bonds is 10. The maximum absolute atomic E-state index is 12.4. The summed E-state index contributed by atoms with van der Waals surface area (Å²) >= 11 is 0. The van der Waals surface area contributed by atoms with Crippen LogP contribution < -0.4 is 0 Å². The van der Waals surface area contributed by atoms with Crippen molar-refractivity contribution in [3.05, 3.63) is 138 Å². The molecule has 0 spiro atoms. The maximum Gasteiger partial charge on any atom is 0.339 e. The van der Waals surface area contributed by atoms with Crippen molar-refractivity contribution in [3.63, 3.8) is 0 Å². The normalized spacial score (nSPS) is 11.2. The molecule has 0 saturated heterocycles. The monoisotopic (exact) mass is 435 g/mol. The molecule has 0 aliphatic carbocycles. The average Bonchev–Trinajstić information content (AvgIpc) is 2.90. The molecule has 33 heavy (non-hydrogen) atoms. The molecule has 1 heterocycles. The molecule has 0 unspecified atom stereocenters. The minimum atomic E-state index is -0.322. The molecule has 0 N–H and O–H groups in total. The van der Waals surface area contributed by atoms with Crippen LogP contribution in [0.1, 0.15) is 46.3 Å². The van der Waals surface area contributed by atoms with E-state index in [4.69, 9.17) is 4.74 Å². The summed E-state index contributed by atoms with van der Waals surface area (Å²) in [5, 5.41) is 0. The Kier molecular flexibility index (Phi) is 7.65. The molecule has 4 aromatic rings. The minimum absolute atomic E-state index is 0.168. The van der Waals surface area contributed by atoms with E-state index < -0.39 is 0 Å². The molecule has 0 aliphatic rings. The first kappa shape index (κ1) is 22.5. The van der Waals surface area contributed by atoms with Gasteiger partial charge in [0.25, 0.3) is 0 Å². The van der Waals surface area contributed by atoms with Gasteiger partial charge in [0.05, 0.1) is 12.2 Å². The molecule has 0 fully saturated rings. The summed E-state index contributed by atoms with van der Waals surface area (Å²) < 4.78 is 5.58. The highest BCUT2D eigenvalue weighted by Crippen LogP contribution is 2.41. The minimum Gasteiger partial charge on any atom is -0.462 e. The second kappa shape index (κ2) is 11.2. The van der Waals surface area contributed by atoms with Gasteiger partial charge < -0.3 is 4.74 Å². The van der Waals surface area contributed by atoms with Crippen molar-refractivity contribution in [1.29, 1.82) is 0 Å². The number of esters is 1. The summed E-state index contributed by atoms with van der Waals surface area (Å²) in [5.74, 6) is -0.322. The average molecular weight is 436 g/mol. The van der Waals surface area contributed by atoms with Gasteiger partial charge in [0, 0.05) is 17.8 Å². The van der Waals surface area contributed by atoms with E-state index in [1.165, 1.54) is 16.7 Å². The third-order valence-electron chi connectivity index (χ3n) is 6.21. The van der Waals surface area contributed by atoms with Gasteiger partial charge in [0.1, 0.15) is 0 Å². The third-order valence-corrected chi connectivity index (χ3v) is 6.21. The van der Waals surface area contributed by atoms with Crippen LogP contribution in [0.4, 0.5) is 0 Å². The zero-order chi connectivity index (χ0) is 22.8. The number of aryl methyl sites for hydroxylation is 1. The molecule has 3 aromatic carbocycles. The highest BCUT2D eigenvalue weighted by molar-refractivity contribution is 5.88. The van der Waals surface area contributed by atoms with Crippen molar-refractivity contribution in [2.24, 2.45) is 0 Å². The van der Waals surface area contributed by atoms with Gasteiger partial charge in [-0.1, -0.05) is 91.0 Å². The van der Waals surface area contributed by atoms with Crippen LogP contribution in [-0.2, 0) is 16.6 Å². The molecule has 3 heteroatoms. The van der Waals surface area contributed by atoms with E-state index in [0.29, 0.717) is 12.2 Å². The van der Waals surface area contributed by atoms with Gasteiger partial charge in [-0.05, 0) is 54.5 Å². The van der Waals surface area contributed by atoms with E-state index in [1.54, 1.807) is 24.5 Å². The van der Waals surface area contributed by atoms with E-state index in [9.17, 15) is 4.79 Å². The van der Waals surface area contributed by atoms with E-state index in [2.05, 4.69) is 96.0 Å². The smallest absolute Gasteiger partial charge is 0.339 e. The lowest BCUT2D eigenvalue weighted by molar-refractivity contribution is 0.0492. The maximum atomic E-state index is 12.4. The van der Waals surface area contributed by atoms with Crippen LogP contribution in [0.5, 0.6) is 0 Å². The second-order valence-electron chi connectivity index (χ2n) is 8.28. The van der Waals surface area contributed by atoms with Gasteiger partial charge in [-0.2, -0.15) is 0 Å². The molecule has 0 radical (unpaired) electrons. The van der Waals surface area contributed by atoms with Gasteiger partial charge >= 0.3 is 5.97 Å². The number of carbonyl (C=O) groups is 1. The van der Waals surface area contributed by atoms with Crippen LogP contribution >= 0.6 is 0 Å². The van der Waals surface area contributed by atoms with Crippen molar-refractivity contribution in [2.45, 2.75) is 31.1 Å². The van der Waals surface area contributed by atoms with Crippen LogP contribution in [0.3, 0.4) is 0 Å². The Balaban J connectivity index is 1.56. The number of nitrogens with zero attached hydrogens (tertiary/aromatic N) is 1. The largest absolute Gasteiger partial charge is 0.462 e. The summed E-state index contributed by atoms with van der Waals surface area (Å²) in [6, 6.07) is 35.6. The number of benzene rings is 3. The Morgan fingerprint density at radius 1 is 0.727 bits per heavy atom. The van der Waals surface area contributed by atoms with E-state index in [-0.39, 0.29) is 11.4 Å².